The van der Waals surface area contributed by atoms with Crippen LogP contribution in [-0.2, 0) is 6.54 Å². The topological polar surface area (TPSA) is 76.7 Å². The Balaban J connectivity index is 2.09. The Labute approximate surface area is 105 Å². The lowest BCUT2D eigenvalue weighted by molar-refractivity contribution is 0.625. The van der Waals surface area contributed by atoms with Crippen LogP contribution in [0, 0.1) is 5.82 Å². The third-order valence-electron chi connectivity index (χ3n) is 2.04. The van der Waals surface area contributed by atoms with Crippen LogP contribution in [0.15, 0.2) is 29.0 Å². The molecule has 0 unspecified atom stereocenters. The van der Waals surface area contributed by atoms with E-state index in [0.29, 0.717) is 12.5 Å². The summed E-state index contributed by atoms with van der Waals surface area (Å²) in [7, 11) is 0. The molecule has 88 valence electrons. The molecule has 0 aliphatic carbocycles. The first kappa shape index (κ1) is 11.7. The molecular weight excluding hydrogens is 289 g/mol. The average Bonchev–Trinajstić information content (AvgIpc) is 2.30. The Morgan fingerprint density at radius 1 is 1.35 bits per heavy atom. The predicted octanol–water partition coefficient (Wildman–Crippen LogP) is 1.97. The van der Waals surface area contributed by atoms with E-state index >= 15 is 0 Å². The van der Waals surface area contributed by atoms with Crippen LogP contribution in [0.2, 0.25) is 0 Å². The van der Waals surface area contributed by atoms with Gasteiger partial charge in [-0.25, -0.2) is 14.4 Å². The number of halogens is 2. The van der Waals surface area contributed by atoms with Gasteiger partial charge in [-0.2, -0.15) is 4.98 Å². The number of nitrogens with zero attached hydrogens (tertiary/aromatic N) is 3. The normalized spacial score (nSPS) is 10.2. The first-order chi connectivity index (χ1) is 8.15. The highest BCUT2D eigenvalue weighted by Gasteiger charge is 2.03. The Morgan fingerprint density at radius 3 is 2.94 bits per heavy atom. The lowest BCUT2D eigenvalue weighted by Gasteiger charge is -2.06. The van der Waals surface area contributed by atoms with Gasteiger partial charge in [0.25, 0.3) is 0 Å². The zero-order valence-corrected chi connectivity index (χ0v) is 10.3. The van der Waals surface area contributed by atoms with Crippen molar-refractivity contribution in [3.05, 3.63) is 40.4 Å². The monoisotopic (exact) mass is 297 g/mol. The summed E-state index contributed by atoms with van der Waals surface area (Å²) >= 11 is 3.33. The summed E-state index contributed by atoms with van der Waals surface area (Å²) in [6.45, 7) is 0.391. The molecule has 2 aromatic rings. The minimum atomic E-state index is -0.292. The minimum Gasteiger partial charge on any atom is -0.368 e. The molecule has 7 heteroatoms. The van der Waals surface area contributed by atoms with Crippen molar-refractivity contribution < 1.29 is 4.39 Å². The van der Waals surface area contributed by atoms with E-state index in [1.165, 1.54) is 18.5 Å². The van der Waals surface area contributed by atoms with Crippen molar-refractivity contribution in [1.82, 2.24) is 15.0 Å². The Bertz CT molecular complexity index is 534. The second-order valence-electron chi connectivity index (χ2n) is 3.26. The molecule has 0 aliphatic heterocycles. The van der Waals surface area contributed by atoms with Crippen LogP contribution >= 0.6 is 15.9 Å². The van der Waals surface area contributed by atoms with E-state index in [1.807, 2.05) is 0 Å². The second-order valence-corrected chi connectivity index (χ2v) is 4.11. The van der Waals surface area contributed by atoms with Gasteiger partial charge in [-0.15, -0.1) is 0 Å². The number of hydrogen-bond acceptors (Lipinski definition) is 5. The number of nitrogens with one attached hydrogen (secondary N) is 1. The molecular formula is C10H9BrFN5. The van der Waals surface area contributed by atoms with Gasteiger partial charge in [0.2, 0.25) is 11.9 Å². The van der Waals surface area contributed by atoms with Crippen LogP contribution in [-0.4, -0.2) is 15.0 Å². The van der Waals surface area contributed by atoms with E-state index in [0.717, 1.165) is 10.0 Å². The molecule has 0 spiro atoms. The van der Waals surface area contributed by atoms with Gasteiger partial charge < -0.3 is 11.1 Å². The van der Waals surface area contributed by atoms with Crippen LogP contribution in [0.1, 0.15) is 5.56 Å². The summed E-state index contributed by atoms with van der Waals surface area (Å²) in [5, 5.41) is 2.93. The summed E-state index contributed by atoms with van der Waals surface area (Å²) in [6.07, 6.45) is 1.31. The number of benzene rings is 1. The first-order valence-electron chi connectivity index (χ1n) is 4.77. The lowest BCUT2D eigenvalue weighted by Crippen LogP contribution is -2.06. The number of hydrogen-bond donors (Lipinski definition) is 2. The number of nitrogen functional groups attached to an aromatic ring is 1. The summed E-state index contributed by atoms with van der Waals surface area (Å²) < 4.78 is 13.8. The van der Waals surface area contributed by atoms with Gasteiger partial charge in [0.05, 0.1) is 0 Å². The highest BCUT2D eigenvalue weighted by atomic mass is 79.9. The first-order valence-corrected chi connectivity index (χ1v) is 5.57. The van der Waals surface area contributed by atoms with Gasteiger partial charge in [0, 0.05) is 11.0 Å². The summed E-state index contributed by atoms with van der Waals surface area (Å²) in [5.41, 5.74) is 6.18. The fraction of sp³-hybridized carbons (Fsp3) is 0.100. The van der Waals surface area contributed by atoms with E-state index < -0.39 is 0 Å². The van der Waals surface area contributed by atoms with Gasteiger partial charge in [-0.3, -0.25) is 0 Å². The molecule has 2 rings (SSSR count). The van der Waals surface area contributed by atoms with Gasteiger partial charge >= 0.3 is 0 Å². The maximum atomic E-state index is 13.0. The maximum absolute atomic E-state index is 13.0. The largest absolute Gasteiger partial charge is 0.368 e. The highest BCUT2D eigenvalue weighted by Crippen LogP contribution is 2.18. The van der Waals surface area contributed by atoms with Crippen molar-refractivity contribution in [2.45, 2.75) is 6.54 Å². The molecule has 0 amide bonds. The highest BCUT2D eigenvalue weighted by molar-refractivity contribution is 9.10. The molecule has 1 aromatic heterocycles. The molecule has 0 saturated heterocycles. The van der Waals surface area contributed by atoms with E-state index in [4.69, 9.17) is 5.73 Å². The van der Waals surface area contributed by atoms with Crippen LogP contribution in [0.3, 0.4) is 0 Å². The fourth-order valence-electron chi connectivity index (χ4n) is 1.25. The van der Waals surface area contributed by atoms with E-state index in [2.05, 4.69) is 36.2 Å². The molecule has 0 fully saturated rings. The summed E-state index contributed by atoms with van der Waals surface area (Å²) in [4.78, 5) is 11.4. The Hall–Kier alpha value is -1.76. The second kappa shape index (κ2) is 5.05. The van der Waals surface area contributed by atoms with Crippen molar-refractivity contribution in [1.29, 1.82) is 0 Å². The molecule has 1 aromatic carbocycles. The molecule has 17 heavy (non-hydrogen) atoms. The van der Waals surface area contributed by atoms with E-state index in [9.17, 15) is 4.39 Å². The van der Waals surface area contributed by atoms with Gasteiger partial charge in [-0.1, -0.05) is 15.9 Å². The molecule has 0 aliphatic rings. The number of aromatic nitrogens is 3. The fourth-order valence-corrected chi connectivity index (χ4v) is 1.63. The van der Waals surface area contributed by atoms with Gasteiger partial charge in [0.1, 0.15) is 12.1 Å². The molecule has 1 heterocycles. The summed E-state index contributed by atoms with van der Waals surface area (Å²) in [5.74, 6) is 0.203. The molecule has 0 saturated carbocycles. The van der Waals surface area contributed by atoms with Crippen molar-refractivity contribution in [2.75, 3.05) is 11.1 Å². The quantitative estimate of drug-likeness (QED) is 0.906. The van der Waals surface area contributed by atoms with Crippen molar-refractivity contribution >= 4 is 27.8 Å². The zero-order chi connectivity index (χ0) is 12.3. The molecule has 3 N–H and O–H groups in total. The third-order valence-corrected chi connectivity index (χ3v) is 2.81. The predicted molar refractivity (Wildman–Crippen MR) is 65.7 cm³/mol. The Morgan fingerprint density at radius 2 is 2.18 bits per heavy atom. The smallest absolute Gasteiger partial charge is 0.227 e. The van der Waals surface area contributed by atoms with Crippen LogP contribution < -0.4 is 11.1 Å². The van der Waals surface area contributed by atoms with Crippen molar-refractivity contribution in [2.24, 2.45) is 0 Å². The van der Waals surface area contributed by atoms with Crippen molar-refractivity contribution in [3.8, 4) is 0 Å². The lowest BCUT2D eigenvalue weighted by atomic mass is 10.2. The number of nitrogens with two attached hydrogens (primary N) is 1. The van der Waals surface area contributed by atoms with Crippen molar-refractivity contribution in [3.63, 3.8) is 0 Å². The SMILES string of the molecule is Nc1ncnc(NCc2cc(F)ccc2Br)n1. The molecule has 5 nitrogen and oxygen atoms in total. The maximum Gasteiger partial charge on any atom is 0.227 e. The third kappa shape index (κ3) is 3.10. The number of anilines is 2. The standard InChI is InChI=1S/C10H9BrFN5/c11-8-2-1-7(12)3-6(8)4-14-10-16-5-15-9(13)17-10/h1-3,5H,4H2,(H3,13,14,15,16,17). The molecule has 0 radical (unpaired) electrons. The van der Waals surface area contributed by atoms with Crippen LogP contribution in [0.5, 0.6) is 0 Å². The molecule has 0 atom stereocenters. The van der Waals surface area contributed by atoms with Crippen LogP contribution in [0.25, 0.3) is 0 Å². The van der Waals surface area contributed by atoms with Gasteiger partial charge in [0.15, 0.2) is 0 Å². The molecule has 0 bridgehead atoms. The Kier molecular flexibility index (Phi) is 3.48. The zero-order valence-electron chi connectivity index (χ0n) is 8.69. The average molecular weight is 298 g/mol. The van der Waals surface area contributed by atoms with Gasteiger partial charge in [-0.05, 0) is 23.8 Å². The van der Waals surface area contributed by atoms with Crippen LogP contribution in [0.4, 0.5) is 16.3 Å². The number of rotatable bonds is 3. The summed E-state index contributed by atoms with van der Waals surface area (Å²) in [6, 6.07) is 4.46. The van der Waals surface area contributed by atoms with E-state index in [-0.39, 0.29) is 11.8 Å². The minimum absolute atomic E-state index is 0.140. The van der Waals surface area contributed by atoms with E-state index in [1.54, 1.807) is 6.07 Å².